The Balaban J connectivity index is 2.84. The topological polar surface area (TPSA) is 106 Å². The lowest BCUT2D eigenvalue weighted by Crippen LogP contribution is -2.28. The third kappa shape index (κ3) is 4.82. The van der Waals surface area contributed by atoms with E-state index >= 15 is 0 Å². The van der Waals surface area contributed by atoms with Gasteiger partial charge in [0.25, 0.3) is 0 Å². The third-order valence-corrected chi connectivity index (χ3v) is 3.19. The molecule has 20 heavy (non-hydrogen) atoms. The van der Waals surface area contributed by atoms with Crippen LogP contribution in [0.1, 0.15) is 6.92 Å². The summed E-state index contributed by atoms with van der Waals surface area (Å²) in [4.78, 5) is 15.6. The molecule has 9 heteroatoms. The molecule has 0 heterocycles. The minimum atomic E-state index is -4.27. The van der Waals surface area contributed by atoms with E-state index in [9.17, 15) is 9.36 Å². The zero-order valence-corrected chi connectivity index (χ0v) is 12.2. The van der Waals surface area contributed by atoms with Crippen molar-refractivity contribution in [3.05, 3.63) is 24.3 Å². The molecule has 112 valence electrons. The summed E-state index contributed by atoms with van der Waals surface area (Å²) < 4.78 is 31.1. The van der Waals surface area contributed by atoms with Crippen LogP contribution in [0.25, 0.3) is 0 Å². The third-order valence-electron chi connectivity index (χ3n) is 2.02. The molecule has 1 unspecified atom stereocenters. The summed E-state index contributed by atoms with van der Waals surface area (Å²) in [6.07, 6.45) is 0. The van der Waals surface area contributed by atoms with Gasteiger partial charge < -0.3 is 19.5 Å². The summed E-state index contributed by atoms with van der Waals surface area (Å²) in [5.74, 6) is -0.227. The largest absolute Gasteiger partial charge is 0.618 e. The fourth-order valence-electron chi connectivity index (χ4n) is 1.10. The Labute approximate surface area is 116 Å². The number of methoxy groups -OCH3 is 1. The molecule has 2 atom stereocenters. The lowest BCUT2D eigenvalue weighted by molar-refractivity contribution is -0.198. The van der Waals surface area contributed by atoms with E-state index in [4.69, 9.17) is 15.0 Å². The Kier molecular flexibility index (Phi) is 5.97. The summed E-state index contributed by atoms with van der Waals surface area (Å²) in [7, 11) is -1.67. The van der Waals surface area contributed by atoms with Gasteiger partial charge in [0.1, 0.15) is 17.5 Å². The molecule has 0 amide bonds. The van der Waals surface area contributed by atoms with Crippen LogP contribution in [-0.4, -0.2) is 26.2 Å². The molecular weight excluding hydrogens is 289 g/mol. The van der Waals surface area contributed by atoms with Crippen molar-refractivity contribution in [1.82, 2.24) is 0 Å². The van der Waals surface area contributed by atoms with Gasteiger partial charge in [-0.1, -0.05) is 0 Å². The number of nitrogens with two attached hydrogens (primary N) is 1. The lowest BCUT2D eigenvalue weighted by atomic mass is 10.3. The van der Waals surface area contributed by atoms with E-state index < -0.39 is 19.8 Å². The van der Waals surface area contributed by atoms with Gasteiger partial charge in [0, 0.05) is 0 Å². The number of benzene rings is 1. The van der Waals surface area contributed by atoms with Crippen molar-refractivity contribution in [2.24, 2.45) is 5.73 Å². The van der Waals surface area contributed by atoms with Crippen molar-refractivity contribution in [2.45, 2.75) is 13.0 Å². The second kappa shape index (κ2) is 7.25. The second-order valence-electron chi connectivity index (χ2n) is 3.65. The molecule has 0 spiro atoms. The Morgan fingerprint density at radius 2 is 1.75 bits per heavy atom. The minimum absolute atomic E-state index is 0.142. The smallest absolute Gasteiger partial charge is 0.497 e. The molecule has 0 saturated carbocycles. The van der Waals surface area contributed by atoms with Crippen LogP contribution in [0.5, 0.6) is 11.5 Å². The number of phosphoric acid groups is 1. The van der Waals surface area contributed by atoms with E-state index in [0.717, 1.165) is 7.11 Å². The molecule has 8 nitrogen and oxygen atoms in total. The summed E-state index contributed by atoms with van der Waals surface area (Å²) >= 11 is 0. The maximum atomic E-state index is 12.2. The lowest BCUT2D eigenvalue weighted by Gasteiger charge is -2.17. The summed E-state index contributed by atoms with van der Waals surface area (Å²) in [6, 6.07) is 5.08. The van der Waals surface area contributed by atoms with E-state index in [-0.39, 0.29) is 5.75 Å². The number of carbonyl (C=O) groups excluding carboxylic acids is 1. The van der Waals surface area contributed by atoms with Crippen molar-refractivity contribution >= 4 is 13.8 Å². The van der Waals surface area contributed by atoms with Crippen LogP contribution < -0.4 is 15.0 Å². The molecule has 0 aliphatic heterocycles. The monoisotopic (exact) mass is 305 g/mol. The molecule has 0 aliphatic rings. The number of ether oxygens (including phenoxy) is 1. The average molecular weight is 305 g/mol. The van der Waals surface area contributed by atoms with Gasteiger partial charge in [-0.2, -0.15) is 0 Å². The summed E-state index contributed by atoms with van der Waals surface area (Å²) in [5, 5.41) is 0. The quantitative estimate of drug-likeness (QED) is 0.460. The van der Waals surface area contributed by atoms with Gasteiger partial charge in [-0.15, -0.1) is 4.67 Å². The molecule has 1 rings (SSSR count). The highest BCUT2D eigenvalue weighted by atomic mass is 31.2. The maximum Gasteiger partial charge on any atom is 0.618 e. The van der Waals surface area contributed by atoms with Crippen molar-refractivity contribution in [3.8, 4) is 11.5 Å². The van der Waals surface area contributed by atoms with Gasteiger partial charge in [0.05, 0.1) is 14.2 Å². The maximum absolute atomic E-state index is 12.2. The van der Waals surface area contributed by atoms with Gasteiger partial charge in [-0.25, -0.2) is 14.2 Å². The standard InChI is InChI=1S/C11H16NO7P/c1-8(12)11(13)18-20(14,19-16-3)17-10-6-4-9(15-2)5-7-10/h4-8H,12H2,1-3H3/t8-,20?/m0/s1. The van der Waals surface area contributed by atoms with Crippen LogP contribution in [0.2, 0.25) is 0 Å². The molecule has 1 aromatic carbocycles. The molecule has 0 radical (unpaired) electrons. The highest BCUT2D eigenvalue weighted by Gasteiger charge is 2.35. The van der Waals surface area contributed by atoms with E-state index in [0.29, 0.717) is 5.75 Å². The highest BCUT2D eigenvalue weighted by molar-refractivity contribution is 7.49. The zero-order chi connectivity index (χ0) is 15.2. The highest BCUT2D eigenvalue weighted by Crippen LogP contribution is 2.49. The predicted octanol–water partition coefficient (Wildman–Crippen LogP) is 1.65. The zero-order valence-electron chi connectivity index (χ0n) is 11.3. The van der Waals surface area contributed by atoms with Crippen LogP contribution in [0.3, 0.4) is 0 Å². The molecule has 0 bridgehead atoms. The first kappa shape index (κ1) is 16.5. The van der Waals surface area contributed by atoms with E-state index in [1.54, 1.807) is 12.1 Å². The first-order valence-corrected chi connectivity index (χ1v) is 7.01. The van der Waals surface area contributed by atoms with Gasteiger partial charge in [-0.05, 0) is 31.2 Å². The van der Waals surface area contributed by atoms with Crippen molar-refractivity contribution in [1.29, 1.82) is 0 Å². The van der Waals surface area contributed by atoms with Crippen LogP contribution in [0, 0.1) is 0 Å². The van der Waals surface area contributed by atoms with Gasteiger partial charge in [0.2, 0.25) is 0 Å². The molecule has 0 aromatic heterocycles. The number of carbonyl (C=O) groups is 1. The van der Waals surface area contributed by atoms with Crippen LogP contribution in [-0.2, 0) is 23.4 Å². The van der Waals surface area contributed by atoms with Crippen LogP contribution in [0.4, 0.5) is 0 Å². The van der Waals surface area contributed by atoms with Crippen LogP contribution in [0.15, 0.2) is 24.3 Å². The number of hydrogen-bond donors (Lipinski definition) is 1. The second-order valence-corrected chi connectivity index (χ2v) is 5.06. The molecule has 0 aliphatic carbocycles. The van der Waals surface area contributed by atoms with Crippen molar-refractivity contribution < 1.29 is 32.7 Å². The van der Waals surface area contributed by atoms with E-state index in [2.05, 4.69) is 14.1 Å². The van der Waals surface area contributed by atoms with Crippen LogP contribution >= 0.6 is 7.82 Å². The minimum Gasteiger partial charge on any atom is -0.497 e. The fourth-order valence-corrected chi connectivity index (χ4v) is 2.15. The van der Waals surface area contributed by atoms with Gasteiger partial charge in [0.15, 0.2) is 0 Å². The average Bonchev–Trinajstić information content (AvgIpc) is 2.39. The molecular formula is C11H16NO7P. The summed E-state index contributed by atoms with van der Waals surface area (Å²) in [5.41, 5.74) is 5.31. The Morgan fingerprint density at radius 3 is 2.20 bits per heavy atom. The van der Waals surface area contributed by atoms with Gasteiger partial charge >= 0.3 is 13.8 Å². The van der Waals surface area contributed by atoms with E-state index in [1.807, 2.05) is 0 Å². The summed E-state index contributed by atoms with van der Waals surface area (Å²) in [6.45, 7) is 1.37. The number of hydrogen-bond acceptors (Lipinski definition) is 8. The Hall–Kier alpha value is -1.60. The van der Waals surface area contributed by atoms with Gasteiger partial charge in [-0.3, -0.25) is 0 Å². The fraction of sp³-hybridized carbons (Fsp3) is 0.364. The van der Waals surface area contributed by atoms with Crippen molar-refractivity contribution in [3.63, 3.8) is 0 Å². The SMILES string of the molecule is COOP(=O)(OC(=O)[C@H](C)N)Oc1ccc(OC)cc1. The predicted molar refractivity (Wildman–Crippen MR) is 69.1 cm³/mol. The molecule has 0 saturated heterocycles. The molecule has 2 N–H and O–H groups in total. The number of phosphoric ester groups is 1. The van der Waals surface area contributed by atoms with Crippen molar-refractivity contribution in [2.75, 3.05) is 14.2 Å². The van der Waals surface area contributed by atoms with E-state index in [1.165, 1.54) is 26.2 Å². The normalized spacial score (nSPS) is 15.0. The number of rotatable bonds is 7. The Morgan fingerprint density at radius 1 is 1.20 bits per heavy atom. The molecule has 0 fully saturated rings. The first-order chi connectivity index (χ1) is 9.40. The Bertz CT molecular complexity index is 488. The first-order valence-electron chi connectivity index (χ1n) is 5.55. The molecule has 1 aromatic rings.